The fraction of sp³-hybridized carbons (Fsp3) is 0.125. The van der Waals surface area contributed by atoms with Crippen LogP contribution in [0.5, 0.6) is 0 Å². The van der Waals surface area contributed by atoms with Crippen LogP contribution in [0.4, 0.5) is 5.69 Å². The van der Waals surface area contributed by atoms with Crippen LogP contribution in [0.2, 0.25) is 10.0 Å². The molecule has 1 aromatic heterocycles. The molecule has 3 rings (SSSR count). The van der Waals surface area contributed by atoms with Crippen LogP contribution in [-0.4, -0.2) is 8.94 Å². The summed E-state index contributed by atoms with van der Waals surface area (Å²) in [6.45, 7) is 2.93. The van der Waals surface area contributed by atoms with Crippen LogP contribution in [-0.2, 0) is 6.54 Å². The Morgan fingerprint density at radius 1 is 1.00 bits per heavy atom. The number of halogens is 2. The molecule has 0 aliphatic rings. The molecule has 0 saturated carbocycles. The molecule has 112 valence electrons. The number of benzene rings is 2. The average molecular weight is 350 g/mol. The van der Waals surface area contributed by atoms with E-state index in [2.05, 4.69) is 20.9 Å². The smallest absolute Gasteiger partial charge is 0.227 e. The summed E-state index contributed by atoms with van der Waals surface area (Å²) in [5.41, 5.74) is 1.86. The van der Waals surface area contributed by atoms with Crippen molar-refractivity contribution in [3.8, 4) is 11.4 Å². The zero-order chi connectivity index (χ0) is 15.5. The molecule has 22 heavy (non-hydrogen) atoms. The van der Waals surface area contributed by atoms with Crippen molar-refractivity contribution in [2.24, 2.45) is 4.99 Å². The first-order chi connectivity index (χ1) is 10.7. The molecule has 0 amide bonds. The lowest BCUT2D eigenvalue weighted by molar-refractivity contribution is 0.833. The Bertz CT molecular complexity index is 833. The Labute approximate surface area is 142 Å². The summed E-state index contributed by atoms with van der Waals surface area (Å²) in [4.78, 5) is 9.91. The number of hydrogen-bond acceptors (Lipinski definition) is 3. The molecule has 0 saturated heterocycles. The molecular weight excluding hydrogens is 337 g/mol. The van der Waals surface area contributed by atoms with Crippen molar-refractivity contribution in [1.82, 2.24) is 8.94 Å². The molecule has 0 N–H and O–H groups in total. The summed E-state index contributed by atoms with van der Waals surface area (Å²) in [5.74, 6) is 0.900. The van der Waals surface area contributed by atoms with E-state index in [0.717, 1.165) is 23.6 Å². The van der Waals surface area contributed by atoms with Gasteiger partial charge in [0, 0.05) is 22.2 Å². The minimum Gasteiger partial charge on any atom is -0.279 e. The second-order valence-corrected chi connectivity index (χ2v) is 6.46. The van der Waals surface area contributed by atoms with Gasteiger partial charge in [0.15, 0.2) is 5.82 Å². The first-order valence-electron chi connectivity index (χ1n) is 6.80. The van der Waals surface area contributed by atoms with Crippen LogP contribution in [0.15, 0.2) is 53.5 Å². The lowest BCUT2D eigenvalue weighted by Crippen LogP contribution is -1.97. The minimum atomic E-state index is 0.698. The SMILES string of the molecule is CCn1sc(=Nc2ccc(Cl)cc2)nc1-c1ccc(Cl)cc1. The highest BCUT2D eigenvalue weighted by Gasteiger charge is 2.07. The molecule has 0 unspecified atom stereocenters. The Morgan fingerprint density at radius 3 is 2.18 bits per heavy atom. The van der Waals surface area contributed by atoms with Crippen molar-refractivity contribution >= 4 is 40.4 Å². The molecule has 0 bridgehead atoms. The second kappa shape index (κ2) is 6.65. The predicted molar refractivity (Wildman–Crippen MR) is 92.9 cm³/mol. The maximum atomic E-state index is 5.94. The molecule has 0 aliphatic carbocycles. The molecule has 2 aromatic carbocycles. The molecule has 3 aromatic rings. The van der Waals surface area contributed by atoms with E-state index in [1.54, 1.807) is 0 Å². The fourth-order valence-corrected chi connectivity index (χ4v) is 3.09. The number of rotatable bonds is 3. The molecule has 0 atom stereocenters. The zero-order valence-electron chi connectivity index (χ0n) is 11.8. The molecule has 6 heteroatoms. The summed E-state index contributed by atoms with van der Waals surface area (Å²) in [5, 5.41) is 1.41. The topological polar surface area (TPSA) is 30.2 Å². The molecule has 0 spiro atoms. The van der Waals surface area contributed by atoms with Gasteiger partial charge in [-0.1, -0.05) is 23.2 Å². The largest absolute Gasteiger partial charge is 0.279 e. The van der Waals surface area contributed by atoms with Gasteiger partial charge in [-0.25, -0.2) is 4.99 Å². The second-order valence-electron chi connectivity index (χ2n) is 4.60. The van der Waals surface area contributed by atoms with Gasteiger partial charge in [-0.2, -0.15) is 4.98 Å². The Kier molecular flexibility index (Phi) is 4.62. The van der Waals surface area contributed by atoms with E-state index in [1.807, 2.05) is 48.5 Å². The lowest BCUT2D eigenvalue weighted by atomic mass is 10.2. The highest BCUT2D eigenvalue weighted by atomic mass is 35.5. The van der Waals surface area contributed by atoms with E-state index in [-0.39, 0.29) is 0 Å². The van der Waals surface area contributed by atoms with Crippen molar-refractivity contribution in [2.45, 2.75) is 13.5 Å². The van der Waals surface area contributed by atoms with Crippen LogP contribution in [0.1, 0.15) is 6.92 Å². The molecule has 3 nitrogen and oxygen atoms in total. The number of hydrogen-bond donors (Lipinski definition) is 0. The van der Waals surface area contributed by atoms with Crippen LogP contribution in [0.25, 0.3) is 11.4 Å². The van der Waals surface area contributed by atoms with Gasteiger partial charge in [-0.3, -0.25) is 3.96 Å². The van der Waals surface area contributed by atoms with Crippen molar-refractivity contribution in [3.05, 3.63) is 63.4 Å². The van der Waals surface area contributed by atoms with E-state index >= 15 is 0 Å². The van der Waals surface area contributed by atoms with Crippen molar-refractivity contribution < 1.29 is 0 Å². The third-order valence-corrected chi connectivity index (χ3v) is 4.57. The summed E-state index contributed by atoms with van der Waals surface area (Å²) >= 11 is 13.4. The monoisotopic (exact) mass is 349 g/mol. The quantitative estimate of drug-likeness (QED) is 0.641. The standard InChI is InChI=1S/C16H13Cl2N3S/c1-2-21-15(11-3-5-12(17)6-4-11)20-16(22-21)19-14-9-7-13(18)8-10-14/h3-10H,2H2,1H3. The Hall–Kier alpha value is -1.62. The van der Waals surface area contributed by atoms with Gasteiger partial charge >= 0.3 is 0 Å². The molecule has 1 heterocycles. The normalized spacial score (nSPS) is 11.9. The Morgan fingerprint density at radius 2 is 1.59 bits per heavy atom. The first-order valence-corrected chi connectivity index (χ1v) is 8.33. The third kappa shape index (κ3) is 3.40. The predicted octanol–water partition coefficient (Wildman–Crippen LogP) is 5.17. The molecule has 0 fully saturated rings. The van der Waals surface area contributed by atoms with Gasteiger partial charge in [0.2, 0.25) is 4.80 Å². The molecule has 0 radical (unpaired) electrons. The summed E-state index contributed by atoms with van der Waals surface area (Å²) in [6.07, 6.45) is 0. The summed E-state index contributed by atoms with van der Waals surface area (Å²) in [7, 11) is 0. The zero-order valence-corrected chi connectivity index (χ0v) is 14.2. The van der Waals surface area contributed by atoms with Gasteiger partial charge in [0.25, 0.3) is 0 Å². The van der Waals surface area contributed by atoms with E-state index in [9.17, 15) is 0 Å². The van der Waals surface area contributed by atoms with Gasteiger partial charge in [-0.15, -0.1) is 0 Å². The van der Waals surface area contributed by atoms with Crippen molar-refractivity contribution in [1.29, 1.82) is 0 Å². The van der Waals surface area contributed by atoms with Gasteiger partial charge in [-0.05, 0) is 67.0 Å². The van der Waals surface area contributed by atoms with Crippen LogP contribution < -0.4 is 4.80 Å². The number of nitrogens with zero attached hydrogens (tertiary/aromatic N) is 3. The Balaban J connectivity index is 2.04. The third-order valence-electron chi connectivity index (χ3n) is 3.07. The number of aryl methyl sites for hydroxylation is 1. The fourth-order valence-electron chi connectivity index (χ4n) is 2.00. The van der Waals surface area contributed by atoms with Gasteiger partial charge < -0.3 is 0 Å². The van der Waals surface area contributed by atoms with Crippen LogP contribution in [0, 0.1) is 0 Å². The molecule has 0 aliphatic heterocycles. The van der Waals surface area contributed by atoms with E-state index in [4.69, 9.17) is 23.2 Å². The molecular formula is C16H13Cl2N3S. The van der Waals surface area contributed by atoms with E-state index < -0.39 is 0 Å². The van der Waals surface area contributed by atoms with Gasteiger partial charge in [0.1, 0.15) is 0 Å². The number of aromatic nitrogens is 2. The van der Waals surface area contributed by atoms with E-state index in [0.29, 0.717) is 14.8 Å². The maximum Gasteiger partial charge on any atom is 0.227 e. The summed E-state index contributed by atoms with van der Waals surface area (Å²) < 4.78 is 2.11. The highest BCUT2D eigenvalue weighted by molar-refractivity contribution is 7.03. The van der Waals surface area contributed by atoms with Crippen molar-refractivity contribution in [2.75, 3.05) is 0 Å². The van der Waals surface area contributed by atoms with E-state index in [1.165, 1.54) is 11.5 Å². The van der Waals surface area contributed by atoms with Gasteiger partial charge in [0.05, 0.1) is 5.69 Å². The maximum absolute atomic E-state index is 5.94. The van der Waals surface area contributed by atoms with Crippen LogP contribution in [0.3, 0.4) is 0 Å². The lowest BCUT2D eigenvalue weighted by Gasteiger charge is -2.02. The summed E-state index contributed by atoms with van der Waals surface area (Å²) in [6, 6.07) is 15.1. The minimum absolute atomic E-state index is 0.698. The van der Waals surface area contributed by atoms with Crippen molar-refractivity contribution in [3.63, 3.8) is 0 Å². The van der Waals surface area contributed by atoms with Crippen LogP contribution >= 0.6 is 34.7 Å². The first kappa shape index (κ1) is 15.3. The average Bonchev–Trinajstić information content (AvgIpc) is 2.93. The highest BCUT2D eigenvalue weighted by Crippen LogP contribution is 2.21.